The summed E-state index contributed by atoms with van der Waals surface area (Å²) < 4.78 is 7.24. The van der Waals surface area contributed by atoms with Gasteiger partial charge in [0.15, 0.2) is 0 Å². The normalized spacial score (nSPS) is 15.7. The lowest BCUT2D eigenvalue weighted by Gasteiger charge is -2.29. The summed E-state index contributed by atoms with van der Waals surface area (Å²) in [7, 11) is -1.26. The lowest BCUT2D eigenvalue weighted by Crippen LogP contribution is -2.25. The molecule has 0 saturated heterocycles. The van der Waals surface area contributed by atoms with E-state index in [0.717, 1.165) is 36.6 Å². The molecular weight excluding hydrogens is 432 g/mol. The van der Waals surface area contributed by atoms with Crippen LogP contribution in [0, 0.1) is 5.41 Å². The average molecular weight is 469 g/mol. The quantitative estimate of drug-likeness (QED) is 0.393. The van der Waals surface area contributed by atoms with Gasteiger partial charge in [0, 0.05) is 25.9 Å². The van der Waals surface area contributed by atoms with E-state index >= 15 is 0 Å². The van der Waals surface area contributed by atoms with Crippen molar-refractivity contribution in [3.8, 4) is 0 Å². The number of para-hydroxylation sites is 1. The van der Waals surface area contributed by atoms with Gasteiger partial charge in [0.05, 0.1) is 6.20 Å². The molecule has 33 heavy (non-hydrogen) atoms. The van der Waals surface area contributed by atoms with Crippen LogP contribution in [0.2, 0.25) is 25.7 Å². The summed E-state index contributed by atoms with van der Waals surface area (Å²) in [5, 5.41) is 3.01. The maximum absolute atomic E-state index is 13.2. The molecule has 0 saturated carbocycles. The summed E-state index contributed by atoms with van der Waals surface area (Å²) in [5.41, 5.74) is 9.03. The number of rotatable bonds is 9. The monoisotopic (exact) mass is 468 g/mol. The minimum atomic E-state index is -1.26. The van der Waals surface area contributed by atoms with Crippen LogP contribution in [0.5, 0.6) is 0 Å². The molecular formula is C25H36N4O3Si. The first-order valence-corrected chi connectivity index (χ1v) is 15.2. The molecule has 1 aromatic heterocycles. The zero-order valence-electron chi connectivity index (χ0n) is 20.4. The highest BCUT2D eigenvalue weighted by Crippen LogP contribution is 2.39. The third-order valence-corrected chi connectivity index (χ3v) is 7.72. The first-order valence-electron chi connectivity index (χ1n) is 11.5. The standard InChI is InChI=1S/C25H36N4O3Si/c1-25(2)12-10-18(11-13-25)19-8-6-7-9-20(19)28-24(31)21-16-27-23(22(26)30)29(21)17-32-14-15-33(3,4)5/h6-10,16H,11-15,17H2,1-5H3,(H2,26,30)(H,28,31). The molecule has 0 bridgehead atoms. The highest BCUT2D eigenvalue weighted by Gasteiger charge is 2.24. The minimum Gasteiger partial charge on any atom is -0.363 e. The number of aromatic nitrogens is 2. The lowest BCUT2D eigenvalue weighted by atomic mass is 9.77. The smallest absolute Gasteiger partial charge is 0.284 e. The molecule has 0 unspecified atom stereocenters. The number of imidazole rings is 1. The number of amides is 2. The van der Waals surface area contributed by atoms with Gasteiger partial charge in [-0.25, -0.2) is 4.98 Å². The van der Waals surface area contributed by atoms with Gasteiger partial charge >= 0.3 is 0 Å². The lowest BCUT2D eigenvalue weighted by molar-refractivity contribution is 0.0765. The molecule has 7 nitrogen and oxygen atoms in total. The molecule has 1 heterocycles. The van der Waals surface area contributed by atoms with Crippen LogP contribution in [0.25, 0.3) is 5.57 Å². The van der Waals surface area contributed by atoms with Gasteiger partial charge < -0.3 is 15.8 Å². The second-order valence-electron chi connectivity index (χ2n) is 10.7. The van der Waals surface area contributed by atoms with E-state index in [9.17, 15) is 9.59 Å². The molecule has 2 aromatic rings. The number of primary amides is 1. The summed E-state index contributed by atoms with van der Waals surface area (Å²) in [4.78, 5) is 29.2. The van der Waals surface area contributed by atoms with Crippen molar-refractivity contribution in [2.75, 3.05) is 11.9 Å². The van der Waals surface area contributed by atoms with Crippen molar-refractivity contribution in [2.24, 2.45) is 11.1 Å². The second-order valence-corrected chi connectivity index (χ2v) is 16.3. The molecule has 178 valence electrons. The Balaban J connectivity index is 1.80. The molecule has 0 atom stereocenters. The molecule has 0 radical (unpaired) electrons. The van der Waals surface area contributed by atoms with Crippen LogP contribution in [0.1, 0.15) is 59.8 Å². The Morgan fingerprint density at radius 2 is 1.97 bits per heavy atom. The second kappa shape index (κ2) is 10.1. The van der Waals surface area contributed by atoms with E-state index in [-0.39, 0.29) is 24.2 Å². The fraction of sp³-hybridized carbons (Fsp3) is 0.480. The van der Waals surface area contributed by atoms with E-state index in [1.54, 1.807) is 0 Å². The van der Waals surface area contributed by atoms with E-state index in [4.69, 9.17) is 10.5 Å². The number of anilines is 1. The first-order chi connectivity index (χ1) is 15.5. The average Bonchev–Trinajstić information content (AvgIpc) is 3.15. The summed E-state index contributed by atoms with van der Waals surface area (Å²) in [6.07, 6.45) is 6.73. The van der Waals surface area contributed by atoms with Crippen LogP contribution >= 0.6 is 0 Å². The maximum atomic E-state index is 13.2. The van der Waals surface area contributed by atoms with E-state index in [1.165, 1.54) is 16.3 Å². The number of carbonyl (C=O) groups excluding carboxylic acids is 2. The summed E-state index contributed by atoms with van der Waals surface area (Å²) in [6.45, 7) is 12.0. The SMILES string of the molecule is CC1(C)CC=C(c2ccccc2NC(=O)c2cnc(C(N)=O)n2COCC[Si](C)(C)C)CC1. The molecule has 0 spiro atoms. The Bertz CT molecular complexity index is 1050. The number of nitrogens with one attached hydrogen (secondary N) is 1. The predicted molar refractivity (Wildman–Crippen MR) is 135 cm³/mol. The topological polar surface area (TPSA) is 99.2 Å². The summed E-state index contributed by atoms with van der Waals surface area (Å²) in [5.74, 6) is -1.04. The fourth-order valence-electron chi connectivity index (χ4n) is 3.80. The van der Waals surface area contributed by atoms with E-state index in [1.807, 2.05) is 24.3 Å². The Labute approximate surface area is 197 Å². The molecule has 0 fully saturated rings. The Hall–Kier alpha value is -2.71. The van der Waals surface area contributed by atoms with Gasteiger partial charge in [0.25, 0.3) is 11.8 Å². The number of hydrogen-bond donors (Lipinski definition) is 2. The van der Waals surface area contributed by atoms with Crippen molar-refractivity contribution in [1.82, 2.24) is 9.55 Å². The number of carbonyl (C=O) groups is 2. The molecule has 0 aliphatic heterocycles. The Morgan fingerprint density at radius 3 is 2.61 bits per heavy atom. The van der Waals surface area contributed by atoms with Gasteiger partial charge in [-0.1, -0.05) is 57.8 Å². The van der Waals surface area contributed by atoms with Crippen LogP contribution < -0.4 is 11.1 Å². The van der Waals surface area contributed by atoms with Gasteiger partial charge in [-0.15, -0.1) is 0 Å². The summed E-state index contributed by atoms with van der Waals surface area (Å²) >= 11 is 0. The Kier molecular flexibility index (Phi) is 7.59. The van der Waals surface area contributed by atoms with Crippen LogP contribution in [0.4, 0.5) is 5.69 Å². The zero-order chi connectivity index (χ0) is 24.2. The highest BCUT2D eigenvalue weighted by molar-refractivity contribution is 6.76. The number of hydrogen-bond acceptors (Lipinski definition) is 4. The first kappa shape index (κ1) is 24.9. The zero-order valence-corrected chi connectivity index (χ0v) is 21.4. The van der Waals surface area contributed by atoms with Crippen LogP contribution in [-0.4, -0.2) is 36.0 Å². The Morgan fingerprint density at radius 1 is 1.24 bits per heavy atom. The predicted octanol–water partition coefficient (Wildman–Crippen LogP) is 5.14. The van der Waals surface area contributed by atoms with Gasteiger partial charge in [0.2, 0.25) is 5.82 Å². The van der Waals surface area contributed by atoms with Crippen molar-refractivity contribution >= 4 is 31.1 Å². The molecule has 3 N–H and O–H groups in total. The number of nitrogens with two attached hydrogens (primary N) is 1. The van der Waals surface area contributed by atoms with E-state index in [0.29, 0.717) is 12.0 Å². The van der Waals surface area contributed by atoms with Crippen LogP contribution in [0.3, 0.4) is 0 Å². The number of ether oxygens (including phenoxy) is 1. The van der Waals surface area contributed by atoms with Crippen molar-refractivity contribution in [3.63, 3.8) is 0 Å². The summed E-state index contributed by atoms with van der Waals surface area (Å²) in [6, 6.07) is 8.79. The number of nitrogens with zero attached hydrogens (tertiary/aromatic N) is 2. The third kappa shape index (κ3) is 6.64. The van der Waals surface area contributed by atoms with Crippen LogP contribution in [-0.2, 0) is 11.5 Å². The third-order valence-electron chi connectivity index (χ3n) is 6.02. The van der Waals surface area contributed by atoms with Gasteiger partial charge in [-0.3, -0.25) is 14.2 Å². The number of allylic oxidation sites excluding steroid dienone is 2. The van der Waals surface area contributed by atoms with E-state index in [2.05, 4.69) is 49.9 Å². The van der Waals surface area contributed by atoms with Gasteiger partial charge in [-0.2, -0.15) is 0 Å². The van der Waals surface area contributed by atoms with Crippen molar-refractivity contribution in [2.45, 2.75) is 65.5 Å². The van der Waals surface area contributed by atoms with Crippen molar-refractivity contribution < 1.29 is 14.3 Å². The van der Waals surface area contributed by atoms with Crippen molar-refractivity contribution in [3.05, 3.63) is 53.6 Å². The molecule has 1 aliphatic rings. The molecule has 3 rings (SSSR count). The molecule has 2 amide bonds. The van der Waals surface area contributed by atoms with Gasteiger partial charge in [-0.05, 0) is 42.4 Å². The largest absolute Gasteiger partial charge is 0.363 e. The maximum Gasteiger partial charge on any atom is 0.284 e. The van der Waals surface area contributed by atoms with Gasteiger partial charge in [0.1, 0.15) is 12.4 Å². The molecule has 8 heteroatoms. The minimum absolute atomic E-state index is 0.0126. The number of benzene rings is 1. The molecule has 1 aliphatic carbocycles. The van der Waals surface area contributed by atoms with Crippen molar-refractivity contribution in [1.29, 1.82) is 0 Å². The highest BCUT2D eigenvalue weighted by atomic mass is 28.3. The van der Waals surface area contributed by atoms with E-state index < -0.39 is 14.0 Å². The molecule has 1 aromatic carbocycles. The van der Waals surface area contributed by atoms with Crippen LogP contribution in [0.15, 0.2) is 36.5 Å². The fourth-order valence-corrected chi connectivity index (χ4v) is 4.55.